The Hall–Kier alpha value is -1.19. The van der Waals surface area contributed by atoms with Crippen molar-refractivity contribution in [1.82, 2.24) is 0 Å². The van der Waals surface area contributed by atoms with E-state index in [0.29, 0.717) is 6.61 Å². The molecule has 1 aromatic carbocycles. The Bertz CT molecular complexity index is 381. The molecule has 2 atom stereocenters. The highest BCUT2D eigenvalue weighted by Gasteiger charge is 2.30. The van der Waals surface area contributed by atoms with Crippen LogP contribution >= 0.6 is 0 Å². The van der Waals surface area contributed by atoms with Gasteiger partial charge < -0.3 is 10.5 Å². The highest BCUT2D eigenvalue weighted by Crippen LogP contribution is 2.18. The Kier molecular flexibility index (Phi) is 5.05. The van der Waals surface area contributed by atoms with Crippen molar-refractivity contribution in [3.8, 4) is 0 Å². The van der Waals surface area contributed by atoms with Crippen LogP contribution < -0.4 is 5.73 Å². The average molecular weight is 249 g/mol. The highest BCUT2D eigenvalue weighted by atomic mass is 16.5. The fourth-order valence-corrected chi connectivity index (χ4v) is 1.62. The van der Waals surface area contributed by atoms with Gasteiger partial charge in [0.2, 0.25) is 0 Å². The molecule has 1 aromatic rings. The third-order valence-electron chi connectivity index (χ3n) is 2.90. The summed E-state index contributed by atoms with van der Waals surface area (Å²) in [7, 11) is 0. The molecule has 3 nitrogen and oxygen atoms in total. The average Bonchev–Trinajstić information content (AvgIpc) is 2.34. The molecule has 0 amide bonds. The van der Waals surface area contributed by atoms with Crippen molar-refractivity contribution in [3.63, 3.8) is 0 Å². The first-order valence-electron chi connectivity index (χ1n) is 6.28. The zero-order valence-electron chi connectivity index (χ0n) is 11.6. The fraction of sp³-hybridized carbons (Fsp3) is 0.533. The summed E-state index contributed by atoms with van der Waals surface area (Å²) in [6, 6.07) is 9.29. The van der Waals surface area contributed by atoms with Crippen molar-refractivity contribution in [1.29, 1.82) is 0 Å². The lowest BCUT2D eigenvalue weighted by Crippen LogP contribution is -2.46. The SMILES string of the molecule is C[C@H](OCc1ccccc1)[C@@H](N)C(=O)C(C)(C)C. The predicted molar refractivity (Wildman–Crippen MR) is 73.1 cm³/mol. The van der Waals surface area contributed by atoms with Gasteiger partial charge in [-0.25, -0.2) is 0 Å². The first kappa shape index (κ1) is 14.9. The molecule has 0 saturated carbocycles. The summed E-state index contributed by atoms with van der Waals surface area (Å²) >= 11 is 0. The molecule has 0 heterocycles. The van der Waals surface area contributed by atoms with Crippen LogP contribution in [0.5, 0.6) is 0 Å². The van der Waals surface area contributed by atoms with E-state index < -0.39 is 11.5 Å². The molecule has 0 aliphatic rings. The molecule has 0 aliphatic carbocycles. The Morgan fingerprint density at radius 1 is 1.28 bits per heavy atom. The monoisotopic (exact) mass is 249 g/mol. The third kappa shape index (κ3) is 4.24. The molecule has 0 spiro atoms. The third-order valence-corrected chi connectivity index (χ3v) is 2.90. The molecule has 0 radical (unpaired) electrons. The number of benzene rings is 1. The van der Waals surface area contributed by atoms with Crippen LogP contribution in [-0.2, 0) is 16.1 Å². The second-order valence-electron chi connectivity index (χ2n) is 5.64. The van der Waals surface area contributed by atoms with Gasteiger partial charge in [0.15, 0.2) is 5.78 Å². The molecular weight excluding hydrogens is 226 g/mol. The van der Waals surface area contributed by atoms with E-state index in [1.165, 1.54) is 0 Å². The van der Waals surface area contributed by atoms with Gasteiger partial charge in [-0.05, 0) is 12.5 Å². The van der Waals surface area contributed by atoms with Crippen LogP contribution in [0.2, 0.25) is 0 Å². The normalized spacial score (nSPS) is 15.2. The van der Waals surface area contributed by atoms with E-state index in [1.54, 1.807) is 0 Å². The van der Waals surface area contributed by atoms with Crippen molar-refractivity contribution in [2.24, 2.45) is 11.1 Å². The molecule has 3 heteroatoms. The molecule has 18 heavy (non-hydrogen) atoms. The first-order valence-corrected chi connectivity index (χ1v) is 6.28. The fourth-order valence-electron chi connectivity index (χ4n) is 1.62. The summed E-state index contributed by atoms with van der Waals surface area (Å²) in [5, 5.41) is 0. The van der Waals surface area contributed by atoms with Gasteiger partial charge in [0, 0.05) is 5.41 Å². The summed E-state index contributed by atoms with van der Waals surface area (Å²) in [5.41, 5.74) is 6.59. The van der Waals surface area contributed by atoms with E-state index in [2.05, 4.69) is 0 Å². The molecule has 0 bridgehead atoms. The highest BCUT2D eigenvalue weighted by molar-refractivity contribution is 5.89. The number of rotatable bonds is 5. The number of Topliss-reactive ketones (excluding diaryl/α,β-unsaturated/α-hetero) is 1. The van der Waals surface area contributed by atoms with Crippen LogP contribution in [0.1, 0.15) is 33.3 Å². The molecule has 100 valence electrons. The topological polar surface area (TPSA) is 52.3 Å². The van der Waals surface area contributed by atoms with E-state index in [9.17, 15) is 4.79 Å². The zero-order valence-corrected chi connectivity index (χ0v) is 11.6. The maximum Gasteiger partial charge on any atom is 0.157 e. The van der Waals surface area contributed by atoms with Crippen molar-refractivity contribution in [2.45, 2.75) is 46.4 Å². The largest absolute Gasteiger partial charge is 0.372 e. The number of carbonyl (C=O) groups is 1. The van der Waals surface area contributed by atoms with Gasteiger partial charge in [-0.3, -0.25) is 4.79 Å². The minimum atomic E-state index is -0.575. The second kappa shape index (κ2) is 6.12. The Balaban J connectivity index is 2.51. The van der Waals surface area contributed by atoms with Crippen LogP contribution in [0, 0.1) is 5.41 Å². The van der Waals surface area contributed by atoms with Gasteiger partial charge in [-0.15, -0.1) is 0 Å². The number of ether oxygens (including phenoxy) is 1. The van der Waals surface area contributed by atoms with Crippen molar-refractivity contribution < 1.29 is 9.53 Å². The molecule has 2 N–H and O–H groups in total. The number of carbonyl (C=O) groups excluding carboxylic acids is 1. The van der Waals surface area contributed by atoms with Gasteiger partial charge in [-0.2, -0.15) is 0 Å². The second-order valence-corrected chi connectivity index (χ2v) is 5.64. The Morgan fingerprint density at radius 2 is 1.83 bits per heavy atom. The van der Waals surface area contributed by atoms with Gasteiger partial charge in [0.05, 0.1) is 18.8 Å². The molecule has 0 saturated heterocycles. The van der Waals surface area contributed by atoms with Crippen molar-refractivity contribution >= 4 is 5.78 Å². The molecule has 0 aliphatic heterocycles. The summed E-state index contributed by atoms with van der Waals surface area (Å²) in [4.78, 5) is 12.0. The standard InChI is InChI=1S/C15H23NO2/c1-11(13(16)14(17)15(2,3)4)18-10-12-8-6-5-7-9-12/h5-9,11,13H,10,16H2,1-4H3/t11-,13+/m0/s1. The van der Waals surface area contributed by atoms with Crippen LogP contribution in [0.4, 0.5) is 0 Å². The molecule has 1 rings (SSSR count). The summed E-state index contributed by atoms with van der Waals surface area (Å²) < 4.78 is 5.66. The lowest BCUT2D eigenvalue weighted by Gasteiger charge is -2.26. The predicted octanol–water partition coefficient (Wildman–Crippen LogP) is 2.53. The van der Waals surface area contributed by atoms with Gasteiger partial charge in [0.1, 0.15) is 0 Å². The minimum Gasteiger partial charge on any atom is -0.372 e. The number of ketones is 1. The van der Waals surface area contributed by atoms with Crippen molar-refractivity contribution in [3.05, 3.63) is 35.9 Å². The van der Waals surface area contributed by atoms with Crippen LogP contribution in [-0.4, -0.2) is 17.9 Å². The van der Waals surface area contributed by atoms with Gasteiger partial charge >= 0.3 is 0 Å². The van der Waals surface area contributed by atoms with Gasteiger partial charge in [-0.1, -0.05) is 51.1 Å². The maximum atomic E-state index is 12.0. The smallest absolute Gasteiger partial charge is 0.157 e. The van der Waals surface area contributed by atoms with E-state index in [0.717, 1.165) is 5.56 Å². The lowest BCUT2D eigenvalue weighted by atomic mass is 9.85. The van der Waals surface area contributed by atoms with Gasteiger partial charge in [0.25, 0.3) is 0 Å². The number of hydrogen-bond acceptors (Lipinski definition) is 3. The summed E-state index contributed by atoms with van der Waals surface area (Å²) in [5.74, 6) is 0.0306. The van der Waals surface area contributed by atoms with E-state index in [4.69, 9.17) is 10.5 Å². The maximum absolute atomic E-state index is 12.0. The lowest BCUT2D eigenvalue weighted by molar-refractivity contribution is -0.131. The summed E-state index contributed by atoms with van der Waals surface area (Å²) in [6.45, 7) is 7.95. The van der Waals surface area contributed by atoms with Crippen LogP contribution in [0.3, 0.4) is 0 Å². The molecule has 0 aromatic heterocycles. The van der Waals surface area contributed by atoms with Crippen molar-refractivity contribution in [2.75, 3.05) is 0 Å². The number of hydrogen-bond donors (Lipinski definition) is 1. The molecular formula is C15H23NO2. The Morgan fingerprint density at radius 3 is 2.33 bits per heavy atom. The van der Waals surface area contributed by atoms with E-state index >= 15 is 0 Å². The van der Waals surface area contributed by atoms with E-state index in [-0.39, 0.29) is 11.9 Å². The molecule has 0 fully saturated rings. The van der Waals surface area contributed by atoms with Crippen LogP contribution in [0.15, 0.2) is 30.3 Å². The zero-order chi connectivity index (χ0) is 13.8. The summed E-state index contributed by atoms with van der Waals surface area (Å²) in [6.07, 6.45) is -0.281. The van der Waals surface area contributed by atoms with E-state index in [1.807, 2.05) is 58.0 Å². The quantitative estimate of drug-likeness (QED) is 0.872. The number of nitrogens with two attached hydrogens (primary N) is 1. The minimum absolute atomic E-state index is 0.0306. The molecule has 0 unspecified atom stereocenters. The first-order chi connectivity index (χ1) is 8.32. The van der Waals surface area contributed by atoms with Crippen LogP contribution in [0.25, 0.3) is 0 Å². The Labute approximate surface area is 109 Å².